The van der Waals surface area contributed by atoms with Crippen molar-refractivity contribution in [1.29, 1.82) is 0 Å². The average molecular weight is 178 g/mol. The lowest BCUT2D eigenvalue weighted by Gasteiger charge is -1.91. The minimum absolute atomic E-state index is 0.157. The quantitative estimate of drug-likeness (QED) is 0.473. The molecule has 0 bridgehead atoms. The number of rotatable bonds is 4. The molecule has 0 aromatic rings. The second-order valence-electron chi connectivity index (χ2n) is 1.92. The number of carbonyl (C=O) groups excluding carboxylic acids is 1. The number of ether oxygens (including phenoxy) is 3. The van der Waals surface area contributed by atoms with E-state index in [2.05, 4.69) is 14.2 Å². The number of carbonyl (C=O) groups is 1. The Kier molecular flexibility index (Phi) is 15.1. The molecule has 0 atom stereocenters. The molecule has 0 aliphatic carbocycles. The summed E-state index contributed by atoms with van der Waals surface area (Å²) < 4.78 is 13.6. The van der Waals surface area contributed by atoms with E-state index in [1.54, 1.807) is 21.1 Å². The SMILES string of the molecule is CCC(=O)OC.COCCOC. The highest BCUT2D eigenvalue weighted by Crippen LogP contribution is 1.76. The highest BCUT2D eigenvalue weighted by Gasteiger charge is 1.87. The fraction of sp³-hybridized carbons (Fsp3) is 0.875. The van der Waals surface area contributed by atoms with E-state index in [1.807, 2.05) is 0 Å². The van der Waals surface area contributed by atoms with Crippen LogP contribution in [0.3, 0.4) is 0 Å². The molecule has 0 aliphatic rings. The molecule has 74 valence electrons. The van der Waals surface area contributed by atoms with Crippen LogP contribution in [0.4, 0.5) is 0 Å². The van der Waals surface area contributed by atoms with Gasteiger partial charge in [0.15, 0.2) is 0 Å². The Morgan fingerprint density at radius 1 is 1.08 bits per heavy atom. The Labute approximate surface area is 73.8 Å². The van der Waals surface area contributed by atoms with Gasteiger partial charge in [-0.2, -0.15) is 0 Å². The molecule has 0 unspecified atom stereocenters. The molecule has 0 rings (SSSR count). The van der Waals surface area contributed by atoms with Gasteiger partial charge in [0.1, 0.15) is 0 Å². The summed E-state index contributed by atoms with van der Waals surface area (Å²) in [6.45, 7) is 3.14. The van der Waals surface area contributed by atoms with E-state index in [-0.39, 0.29) is 5.97 Å². The van der Waals surface area contributed by atoms with E-state index >= 15 is 0 Å². The van der Waals surface area contributed by atoms with Gasteiger partial charge in [0, 0.05) is 20.6 Å². The smallest absolute Gasteiger partial charge is 0.305 e. The molecular weight excluding hydrogens is 160 g/mol. The van der Waals surface area contributed by atoms with Crippen LogP contribution in [0.5, 0.6) is 0 Å². The second kappa shape index (κ2) is 13.0. The molecular formula is C8H18O4. The lowest BCUT2D eigenvalue weighted by molar-refractivity contribution is -0.140. The number of hydrogen-bond acceptors (Lipinski definition) is 4. The Hall–Kier alpha value is -0.610. The lowest BCUT2D eigenvalue weighted by Crippen LogP contribution is -1.96. The van der Waals surface area contributed by atoms with Crippen molar-refractivity contribution in [3.63, 3.8) is 0 Å². The van der Waals surface area contributed by atoms with Crippen LogP contribution in [-0.4, -0.2) is 40.5 Å². The summed E-state index contributed by atoms with van der Waals surface area (Å²) in [5.74, 6) is -0.157. The van der Waals surface area contributed by atoms with Crippen molar-refractivity contribution in [2.45, 2.75) is 13.3 Å². The van der Waals surface area contributed by atoms with Crippen molar-refractivity contribution in [2.24, 2.45) is 0 Å². The van der Waals surface area contributed by atoms with E-state index in [0.717, 1.165) is 0 Å². The van der Waals surface area contributed by atoms with E-state index in [1.165, 1.54) is 7.11 Å². The van der Waals surface area contributed by atoms with E-state index in [4.69, 9.17) is 0 Å². The monoisotopic (exact) mass is 178 g/mol. The fourth-order valence-corrected chi connectivity index (χ4v) is 0.311. The van der Waals surface area contributed by atoms with Crippen LogP contribution >= 0.6 is 0 Å². The molecule has 4 heteroatoms. The maximum absolute atomic E-state index is 9.96. The average Bonchev–Trinajstić information content (AvgIpc) is 2.14. The first-order chi connectivity index (χ1) is 5.72. The molecule has 0 saturated heterocycles. The molecule has 0 aromatic heterocycles. The first-order valence-corrected chi connectivity index (χ1v) is 3.77. The number of hydrogen-bond donors (Lipinski definition) is 0. The van der Waals surface area contributed by atoms with Crippen LogP contribution in [0.25, 0.3) is 0 Å². The van der Waals surface area contributed by atoms with E-state index in [9.17, 15) is 4.79 Å². The van der Waals surface area contributed by atoms with Crippen molar-refractivity contribution in [3.05, 3.63) is 0 Å². The van der Waals surface area contributed by atoms with Gasteiger partial charge in [-0.1, -0.05) is 6.92 Å². The van der Waals surface area contributed by atoms with E-state index in [0.29, 0.717) is 19.6 Å². The summed E-state index contributed by atoms with van der Waals surface area (Å²) in [4.78, 5) is 9.96. The lowest BCUT2D eigenvalue weighted by atomic mass is 10.5. The van der Waals surface area contributed by atoms with Gasteiger partial charge in [-0.3, -0.25) is 4.79 Å². The van der Waals surface area contributed by atoms with Gasteiger partial charge in [-0.25, -0.2) is 0 Å². The van der Waals surface area contributed by atoms with Crippen molar-refractivity contribution < 1.29 is 19.0 Å². The van der Waals surface area contributed by atoms with Crippen LogP contribution in [0.1, 0.15) is 13.3 Å². The summed E-state index contributed by atoms with van der Waals surface area (Å²) in [6.07, 6.45) is 0.469. The predicted molar refractivity (Wildman–Crippen MR) is 46.1 cm³/mol. The second-order valence-corrected chi connectivity index (χ2v) is 1.92. The summed E-state index contributed by atoms with van der Waals surface area (Å²) in [7, 11) is 4.68. The van der Waals surface area contributed by atoms with Crippen molar-refractivity contribution in [2.75, 3.05) is 34.5 Å². The third kappa shape index (κ3) is 16.2. The molecule has 0 amide bonds. The Bertz CT molecular complexity index is 83.1. The van der Waals surface area contributed by atoms with Gasteiger partial charge < -0.3 is 14.2 Å². The van der Waals surface area contributed by atoms with E-state index < -0.39 is 0 Å². The zero-order chi connectivity index (χ0) is 9.82. The molecule has 0 fully saturated rings. The maximum atomic E-state index is 9.96. The van der Waals surface area contributed by atoms with Crippen LogP contribution < -0.4 is 0 Å². The van der Waals surface area contributed by atoms with Gasteiger partial charge in [-0.15, -0.1) is 0 Å². The molecule has 0 heterocycles. The van der Waals surface area contributed by atoms with Gasteiger partial charge >= 0.3 is 5.97 Å². The Morgan fingerprint density at radius 2 is 1.50 bits per heavy atom. The molecule has 0 N–H and O–H groups in total. The standard InChI is InChI=1S/C4H10O2.C4H8O2/c1-5-3-4-6-2;1-3-4(5)6-2/h3-4H2,1-2H3;3H2,1-2H3. The molecule has 0 aliphatic heterocycles. The van der Waals surface area contributed by atoms with Crippen molar-refractivity contribution in [1.82, 2.24) is 0 Å². The Morgan fingerprint density at radius 3 is 1.58 bits per heavy atom. The summed E-state index contributed by atoms with van der Waals surface area (Å²) >= 11 is 0. The van der Waals surface area contributed by atoms with Crippen LogP contribution in [0.2, 0.25) is 0 Å². The molecule has 0 radical (unpaired) electrons. The van der Waals surface area contributed by atoms with Crippen LogP contribution in [0.15, 0.2) is 0 Å². The predicted octanol–water partition coefficient (Wildman–Crippen LogP) is 0.849. The number of methoxy groups -OCH3 is 3. The van der Waals surface area contributed by atoms with Gasteiger partial charge in [-0.05, 0) is 0 Å². The summed E-state index contributed by atoms with van der Waals surface area (Å²) in [5, 5.41) is 0. The van der Waals surface area contributed by atoms with Crippen molar-refractivity contribution >= 4 is 5.97 Å². The molecule has 12 heavy (non-hydrogen) atoms. The normalized spacial score (nSPS) is 8.33. The largest absolute Gasteiger partial charge is 0.469 e. The van der Waals surface area contributed by atoms with Gasteiger partial charge in [0.2, 0.25) is 0 Å². The van der Waals surface area contributed by atoms with Crippen molar-refractivity contribution in [3.8, 4) is 0 Å². The third-order valence-corrected chi connectivity index (χ3v) is 1.01. The molecule has 0 aromatic carbocycles. The third-order valence-electron chi connectivity index (χ3n) is 1.01. The molecule has 0 saturated carbocycles. The topological polar surface area (TPSA) is 44.8 Å². The zero-order valence-corrected chi connectivity index (χ0v) is 8.25. The molecule has 4 nitrogen and oxygen atoms in total. The van der Waals surface area contributed by atoms with Crippen LogP contribution in [0, 0.1) is 0 Å². The molecule has 0 spiro atoms. The van der Waals surface area contributed by atoms with Crippen LogP contribution in [-0.2, 0) is 19.0 Å². The first-order valence-electron chi connectivity index (χ1n) is 3.77. The minimum Gasteiger partial charge on any atom is -0.469 e. The summed E-state index contributed by atoms with van der Waals surface area (Å²) in [5.41, 5.74) is 0. The summed E-state index contributed by atoms with van der Waals surface area (Å²) in [6, 6.07) is 0. The fourth-order valence-electron chi connectivity index (χ4n) is 0.311. The maximum Gasteiger partial charge on any atom is 0.305 e. The highest BCUT2D eigenvalue weighted by molar-refractivity contribution is 5.68. The number of esters is 1. The highest BCUT2D eigenvalue weighted by atomic mass is 16.5. The van der Waals surface area contributed by atoms with Gasteiger partial charge in [0.25, 0.3) is 0 Å². The first kappa shape index (κ1) is 13.9. The zero-order valence-electron chi connectivity index (χ0n) is 8.25. The Balaban J connectivity index is 0. The minimum atomic E-state index is -0.157. The van der Waals surface area contributed by atoms with Gasteiger partial charge in [0.05, 0.1) is 20.3 Å².